The number of oxime groups is 1. The summed E-state index contributed by atoms with van der Waals surface area (Å²) in [4.78, 5) is 64.9. The van der Waals surface area contributed by atoms with Crippen molar-refractivity contribution in [1.82, 2.24) is 20.1 Å². The number of carbonyl (C=O) groups excluding carboxylic acids is 4. The number of hydrogen-bond acceptors (Lipinski definition) is 11. The van der Waals surface area contributed by atoms with Gasteiger partial charge in [0.2, 0.25) is 5.91 Å². The van der Waals surface area contributed by atoms with Gasteiger partial charge in [0.15, 0.2) is 16.9 Å². The van der Waals surface area contributed by atoms with Crippen LogP contribution in [-0.2, 0) is 28.8 Å². The number of allylic oxidation sites excluding steroid dienone is 1. The third-order valence-corrected chi connectivity index (χ3v) is 8.91. The Morgan fingerprint density at radius 3 is 2.31 bits per heavy atom. The molecule has 3 amide bonds. The summed E-state index contributed by atoms with van der Waals surface area (Å²) in [7, 11) is 4.51. The number of carbonyl (C=O) groups is 4. The number of hydrogen-bond donors (Lipinski definition) is 2. The summed E-state index contributed by atoms with van der Waals surface area (Å²) >= 11 is 2.46. The van der Waals surface area contributed by atoms with Crippen molar-refractivity contribution < 1.29 is 28.8 Å². The number of likely N-dealkylation sites (N-methyl/N-ethyl adjacent to an activating group) is 1. The molecule has 45 heavy (non-hydrogen) atoms. The summed E-state index contributed by atoms with van der Waals surface area (Å²) in [5.74, 6) is -1.98. The Morgan fingerprint density at radius 1 is 1.11 bits per heavy atom. The van der Waals surface area contributed by atoms with Crippen molar-refractivity contribution in [2.24, 2.45) is 5.16 Å². The summed E-state index contributed by atoms with van der Waals surface area (Å²) in [6, 6.07) is 17.5. The molecule has 2 aromatic carbocycles. The van der Waals surface area contributed by atoms with Crippen molar-refractivity contribution in [3.8, 4) is 0 Å². The lowest BCUT2D eigenvalue weighted by atomic mass is 10.00. The van der Waals surface area contributed by atoms with E-state index in [2.05, 4.69) is 15.5 Å². The van der Waals surface area contributed by atoms with Gasteiger partial charge < -0.3 is 25.5 Å². The van der Waals surface area contributed by atoms with Crippen LogP contribution in [0.5, 0.6) is 0 Å². The SMILES string of the molecule is CON=C(C(=O)N[C@@H]1C(=O)N2C(C(=O)OC(c3ccccc3)c3ccccc3)=C(/C=C/C(=O)N(C)C)CS[C@H]12)c1csc(N)n1. The Balaban J connectivity index is 1.45. The monoisotopic (exact) mass is 646 g/mol. The van der Waals surface area contributed by atoms with Crippen molar-refractivity contribution in [3.05, 3.63) is 106 Å². The van der Waals surface area contributed by atoms with Gasteiger partial charge in [-0.2, -0.15) is 0 Å². The van der Waals surface area contributed by atoms with Crippen LogP contribution in [-0.4, -0.2) is 82.6 Å². The summed E-state index contributed by atoms with van der Waals surface area (Å²) in [6.45, 7) is 0. The highest BCUT2D eigenvalue weighted by atomic mass is 32.2. The van der Waals surface area contributed by atoms with Gasteiger partial charge in [-0.25, -0.2) is 9.78 Å². The normalized spacial score (nSPS) is 18.0. The third-order valence-electron chi connectivity index (χ3n) is 6.94. The zero-order valence-corrected chi connectivity index (χ0v) is 26.2. The fourth-order valence-electron chi connectivity index (χ4n) is 4.73. The highest BCUT2D eigenvalue weighted by Gasteiger charge is 2.54. The van der Waals surface area contributed by atoms with Gasteiger partial charge in [-0.15, -0.1) is 23.1 Å². The molecule has 0 unspecified atom stereocenters. The van der Waals surface area contributed by atoms with E-state index in [1.807, 2.05) is 60.7 Å². The molecule has 12 nitrogen and oxygen atoms in total. The molecule has 2 atom stereocenters. The van der Waals surface area contributed by atoms with Crippen LogP contribution in [0.25, 0.3) is 0 Å². The highest BCUT2D eigenvalue weighted by molar-refractivity contribution is 8.00. The van der Waals surface area contributed by atoms with Crippen molar-refractivity contribution in [2.75, 3.05) is 32.7 Å². The molecule has 0 spiro atoms. The second kappa shape index (κ2) is 13.8. The van der Waals surface area contributed by atoms with E-state index in [0.29, 0.717) is 5.57 Å². The number of benzene rings is 2. The lowest BCUT2D eigenvalue weighted by Crippen LogP contribution is -2.71. The molecule has 3 heterocycles. The second-order valence-electron chi connectivity index (χ2n) is 10.1. The smallest absolute Gasteiger partial charge is 0.356 e. The Labute approximate surface area is 267 Å². The number of thioether (sulfide) groups is 1. The number of anilines is 1. The Hall–Kier alpha value is -4.95. The van der Waals surface area contributed by atoms with Crippen LogP contribution in [0, 0.1) is 0 Å². The average molecular weight is 647 g/mol. The summed E-state index contributed by atoms with van der Waals surface area (Å²) in [5.41, 5.74) is 7.71. The van der Waals surface area contributed by atoms with Crippen molar-refractivity contribution in [1.29, 1.82) is 0 Å². The number of aromatic nitrogens is 1. The lowest BCUT2D eigenvalue weighted by molar-refractivity contribution is -0.154. The number of thiazole rings is 1. The maximum Gasteiger partial charge on any atom is 0.356 e. The van der Waals surface area contributed by atoms with E-state index in [1.54, 1.807) is 19.5 Å². The highest BCUT2D eigenvalue weighted by Crippen LogP contribution is 2.42. The minimum Gasteiger partial charge on any atom is -0.448 e. The van der Waals surface area contributed by atoms with Crippen LogP contribution >= 0.6 is 23.1 Å². The Kier molecular flexibility index (Phi) is 9.64. The van der Waals surface area contributed by atoms with Gasteiger partial charge in [0.25, 0.3) is 11.8 Å². The van der Waals surface area contributed by atoms with E-state index < -0.39 is 35.3 Å². The van der Waals surface area contributed by atoms with Gasteiger partial charge in [0.05, 0.1) is 0 Å². The fourth-order valence-corrected chi connectivity index (χ4v) is 6.60. The molecule has 0 aliphatic carbocycles. The number of nitrogens with one attached hydrogen (secondary N) is 1. The van der Waals surface area contributed by atoms with Gasteiger partial charge in [0.1, 0.15) is 29.9 Å². The number of nitrogens with zero attached hydrogens (tertiary/aromatic N) is 4. The summed E-state index contributed by atoms with van der Waals surface area (Å²) in [6.07, 6.45) is 2.10. The first kappa shape index (κ1) is 31.5. The molecule has 0 saturated carbocycles. The zero-order valence-electron chi connectivity index (χ0n) is 24.6. The van der Waals surface area contributed by atoms with Crippen molar-refractivity contribution in [3.63, 3.8) is 0 Å². The number of amides is 3. The van der Waals surface area contributed by atoms with Crippen LogP contribution in [0.15, 0.2) is 94.6 Å². The van der Waals surface area contributed by atoms with E-state index in [4.69, 9.17) is 15.3 Å². The second-order valence-corrected chi connectivity index (χ2v) is 12.1. The quantitative estimate of drug-likeness (QED) is 0.111. The number of ether oxygens (including phenoxy) is 1. The predicted octanol–water partition coefficient (Wildman–Crippen LogP) is 2.71. The molecule has 14 heteroatoms. The zero-order chi connectivity index (χ0) is 32.1. The van der Waals surface area contributed by atoms with Crippen LogP contribution in [0.3, 0.4) is 0 Å². The maximum atomic E-state index is 14.0. The number of nitrogens with two attached hydrogens (primary N) is 1. The molecule has 2 aliphatic heterocycles. The van der Waals surface area contributed by atoms with E-state index in [9.17, 15) is 19.2 Å². The molecule has 1 saturated heterocycles. The van der Waals surface area contributed by atoms with Gasteiger partial charge in [-0.3, -0.25) is 19.3 Å². The minimum absolute atomic E-state index is 0.00646. The standard InChI is InChI=1S/C31H30N6O6S2/c1-36(2)22(38)15-14-20-16-44-29-24(34-27(39)23(35-42-3)21-17-45-31(32)33-21)28(40)37(29)25(20)30(41)43-26(18-10-6-4-7-11-18)19-12-8-5-9-13-19/h4-15,17,24,26,29H,16H2,1-3H3,(H2,32,33)(H,34,39)/b15-14+,35-23?/t24-,29-/m1/s1. The van der Waals surface area contributed by atoms with E-state index in [-0.39, 0.29) is 33.9 Å². The topological polar surface area (TPSA) is 157 Å². The molecule has 5 rings (SSSR count). The van der Waals surface area contributed by atoms with Gasteiger partial charge in [-0.05, 0) is 16.7 Å². The van der Waals surface area contributed by atoms with Crippen LogP contribution in [0.2, 0.25) is 0 Å². The number of rotatable bonds is 10. The first-order valence-corrected chi connectivity index (χ1v) is 15.6. The van der Waals surface area contributed by atoms with Crippen LogP contribution in [0.4, 0.5) is 5.13 Å². The molecule has 2 aliphatic rings. The summed E-state index contributed by atoms with van der Waals surface area (Å²) < 4.78 is 6.12. The van der Waals surface area contributed by atoms with E-state index in [0.717, 1.165) is 22.5 Å². The molecule has 1 aromatic heterocycles. The Bertz CT molecular complexity index is 1650. The summed E-state index contributed by atoms with van der Waals surface area (Å²) in [5, 5.41) is 7.65. The molecule has 0 radical (unpaired) electrons. The molecular weight excluding hydrogens is 617 g/mol. The molecule has 1 fully saturated rings. The minimum atomic E-state index is -0.976. The molecule has 232 valence electrons. The van der Waals surface area contributed by atoms with Gasteiger partial charge in [-0.1, -0.05) is 71.9 Å². The number of nitrogen functional groups attached to an aromatic ring is 1. The molecule has 0 bridgehead atoms. The first-order valence-electron chi connectivity index (χ1n) is 13.7. The predicted molar refractivity (Wildman–Crippen MR) is 171 cm³/mol. The van der Waals surface area contributed by atoms with Gasteiger partial charge >= 0.3 is 5.97 Å². The maximum absolute atomic E-state index is 14.0. The van der Waals surface area contributed by atoms with E-state index in [1.165, 1.54) is 40.8 Å². The average Bonchev–Trinajstić information content (AvgIpc) is 3.49. The van der Waals surface area contributed by atoms with E-state index >= 15 is 0 Å². The fraction of sp³-hybridized carbons (Fsp3) is 0.226. The first-order chi connectivity index (χ1) is 21.7. The molecular formula is C31H30N6O6S2. The molecule has 3 N–H and O–H groups in total. The van der Waals surface area contributed by atoms with Crippen LogP contribution in [0.1, 0.15) is 22.9 Å². The Morgan fingerprint density at radius 2 is 1.76 bits per heavy atom. The van der Waals surface area contributed by atoms with Gasteiger partial charge in [0, 0.05) is 31.3 Å². The van der Waals surface area contributed by atoms with Crippen LogP contribution < -0.4 is 11.1 Å². The molecule has 3 aromatic rings. The number of fused-ring (bicyclic) bond motifs is 1. The number of esters is 1. The van der Waals surface area contributed by atoms with Crippen molar-refractivity contribution >= 4 is 57.6 Å². The third kappa shape index (κ3) is 6.76. The lowest BCUT2D eigenvalue weighted by Gasteiger charge is -2.49. The largest absolute Gasteiger partial charge is 0.448 e. The van der Waals surface area contributed by atoms with Crippen molar-refractivity contribution in [2.45, 2.75) is 17.5 Å². The number of β-lactam (4-membered cyclic amide) rings is 1.